The molecule has 7 nitrogen and oxygen atoms in total. The second kappa shape index (κ2) is 6.96. The number of aromatic nitrogens is 4. The first kappa shape index (κ1) is 16.2. The summed E-state index contributed by atoms with van der Waals surface area (Å²) in [7, 11) is 0. The molecule has 0 N–H and O–H groups in total. The van der Waals surface area contributed by atoms with Gasteiger partial charge in [-0.3, -0.25) is 9.80 Å². The molecule has 0 bridgehead atoms. The molecule has 0 amide bonds. The largest absolute Gasteiger partial charge is 0.338 e. The van der Waals surface area contributed by atoms with E-state index >= 15 is 0 Å². The monoisotopic (exact) mass is 353 g/mol. The van der Waals surface area contributed by atoms with Crippen molar-refractivity contribution in [1.29, 1.82) is 0 Å². The number of likely N-dealkylation sites (tertiary alicyclic amines) is 1. The first-order valence-corrected chi connectivity index (χ1v) is 9.88. The van der Waals surface area contributed by atoms with Crippen molar-refractivity contribution in [2.24, 2.45) is 0 Å². The lowest BCUT2D eigenvalue weighted by molar-refractivity contribution is 0.0248. The van der Waals surface area contributed by atoms with Crippen LogP contribution in [0.1, 0.15) is 24.4 Å². The van der Waals surface area contributed by atoms with E-state index in [-0.39, 0.29) is 0 Å². The first-order valence-electron chi connectivity index (χ1n) is 9.88. The van der Waals surface area contributed by atoms with Gasteiger partial charge in [0, 0.05) is 83.4 Å². The molecule has 3 aliphatic heterocycles. The van der Waals surface area contributed by atoms with Crippen molar-refractivity contribution >= 4 is 5.95 Å². The molecule has 3 aliphatic rings. The Hall–Kier alpha value is -1.99. The SMILES string of the molecule is c1cnc(N2CCN(C3CN(Cc4cn5c(n4)CCCC5)C3)CC2)nc1. The minimum Gasteiger partial charge on any atom is -0.338 e. The van der Waals surface area contributed by atoms with Crippen LogP contribution in [0.25, 0.3) is 0 Å². The molecule has 0 unspecified atom stereocenters. The maximum Gasteiger partial charge on any atom is 0.225 e. The first-order chi connectivity index (χ1) is 12.8. The smallest absolute Gasteiger partial charge is 0.225 e. The van der Waals surface area contributed by atoms with Gasteiger partial charge in [0.25, 0.3) is 0 Å². The van der Waals surface area contributed by atoms with Gasteiger partial charge in [0.2, 0.25) is 5.95 Å². The van der Waals surface area contributed by atoms with E-state index in [1.807, 2.05) is 18.5 Å². The molecule has 2 saturated heterocycles. The Kier molecular flexibility index (Phi) is 4.34. The molecule has 26 heavy (non-hydrogen) atoms. The maximum atomic E-state index is 4.84. The third kappa shape index (κ3) is 3.21. The summed E-state index contributed by atoms with van der Waals surface area (Å²) in [5.41, 5.74) is 1.26. The fourth-order valence-corrected chi connectivity index (χ4v) is 4.42. The van der Waals surface area contributed by atoms with E-state index in [0.717, 1.165) is 51.6 Å². The molecule has 5 heterocycles. The van der Waals surface area contributed by atoms with Crippen LogP contribution in [-0.4, -0.2) is 74.6 Å². The highest BCUT2D eigenvalue weighted by molar-refractivity contribution is 5.29. The number of hydrogen-bond donors (Lipinski definition) is 0. The second-order valence-electron chi connectivity index (χ2n) is 7.72. The van der Waals surface area contributed by atoms with Gasteiger partial charge in [-0.1, -0.05) is 0 Å². The minimum absolute atomic E-state index is 0.700. The molecule has 2 aromatic heterocycles. The average molecular weight is 353 g/mol. The van der Waals surface area contributed by atoms with Crippen LogP contribution >= 0.6 is 0 Å². The highest BCUT2D eigenvalue weighted by Crippen LogP contribution is 2.21. The van der Waals surface area contributed by atoms with E-state index in [1.54, 1.807) is 0 Å². The molecule has 0 aromatic carbocycles. The topological polar surface area (TPSA) is 53.3 Å². The van der Waals surface area contributed by atoms with Gasteiger partial charge in [-0.05, 0) is 18.9 Å². The van der Waals surface area contributed by atoms with Gasteiger partial charge < -0.3 is 9.47 Å². The lowest BCUT2D eigenvalue weighted by Gasteiger charge is -2.48. The summed E-state index contributed by atoms with van der Waals surface area (Å²) in [6.45, 7) is 8.76. The van der Waals surface area contributed by atoms with E-state index in [9.17, 15) is 0 Å². The quantitative estimate of drug-likeness (QED) is 0.818. The van der Waals surface area contributed by atoms with Crippen molar-refractivity contribution in [3.63, 3.8) is 0 Å². The molecule has 0 radical (unpaired) electrons. The van der Waals surface area contributed by atoms with Crippen molar-refractivity contribution in [2.75, 3.05) is 44.2 Å². The normalized spacial score (nSPS) is 22.2. The van der Waals surface area contributed by atoms with E-state index in [1.165, 1.54) is 37.4 Å². The highest BCUT2D eigenvalue weighted by Gasteiger charge is 2.34. The number of nitrogens with zero attached hydrogens (tertiary/aromatic N) is 7. The number of hydrogen-bond acceptors (Lipinski definition) is 6. The molecule has 2 aromatic rings. The molecule has 138 valence electrons. The van der Waals surface area contributed by atoms with Crippen LogP contribution in [0.4, 0.5) is 5.95 Å². The zero-order chi connectivity index (χ0) is 17.3. The molecular weight excluding hydrogens is 326 g/mol. The third-order valence-corrected chi connectivity index (χ3v) is 5.95. The summed E-state index contributed by atoms with van der Waals surface area (Å²) < 4.78 is 2.36. The van der Waals surface area contributed by atoms with Gasteiger partial charge in [-0.25, -0.2) is 15.0 Å². The fourth-order valence-electron chi connectivity index (χ4n) is 4.42. The lowest BCUT2D eigenvalue weighted by atomic mass is 10.1. The average Bonchev–Trinajstić information content (AvgIpc) is 3.08. The summed E-state index contributed by atoms with van der Waals surface area (Å²) in [6.07, 6.45) is 9.67. The molecule has 7 heteroatoms. The van der Waals surface area contributed by atoms with Crippen LogP contribution in [0.5, 0.6) is 0 Å². The summed E-state index contributed by atoms with van der Waals surface area (Å²) in [5.74, 6) is 2.16. The minimum atomic E-state index is 0.700. The maximum absolute atomic E-state index is 4.84. The summed E-state index contributed by atoms with van der Waals surface area (Å²) >= 11 is 0. The summed E-state index contributed by atoms with van der Waals surface area (Å²) in [4.78, 5) is 21.0. The molecule has 5 rings (SSSR count). The van der Waals surface area contributed by atoms with Crippen LogP contribution in [0.3, 0.4) is 0 Å². The molecule has 0 aliphatic carbocycles. The Morgan fingerprint density at radius 3 is 2.54 bits per heavy atom. The van der Waals surface area contributed by atoms with Crippen LogP contribution in [0.2, 0.25) is 0 Å². The van der Waals surface area contributed by atoms with Crippen molar-refractivity contribution in [1.82, 2.24) is 29.3 Å². The van der Waals surface area contributed by atoms with E-state index in [2.05, 4.69) is 35.4 Å². The third-order valence-electron chi connectivity index (χ3n) is 5.95. The van der Waals surface area contributed by atoms with Crippen molar-refractivity contribution in [3.05, 3.63) is 36.2 Å². The van der Waals surface area contributed by atoms with Gasteiger partial charge in [0.1, 0.15) is 5.82 Å². The molecule has 0 saturated carbocycles. The van der Waals surface area contributed by atoms with Gasteiger partial charge >= 0.3 is 0 Å². The van der Waals surface area contributed by atoms with Crippen molar-refractivity contribution in [3.8, 4) is 0 Å². The number of fused-ring (bicyclic) bond motifs is 1. The zero-order valence-electron chi connectivity index (χ0n) is 15.3. The van der Waals surface area contributed by atoms with E-state index in [0.29, 0.717) is 6.04 Å². The summed E-state index contributed by atoms with van der Waals surface area (Å²) in [5, 5.41) is 0. The van der Waals surface area contributed by atoms with Crippen LogP contribution in [0, 0.1) is 0 Å². The number of imidazole rings is 1. The van der Waals surface area contributed by atoms with Gasteiger partial charge in [0.15, 0.2) is 0 Å². The highest BCUT2D eigenvalue weighted by atomic mass is 15.4. The number of rotatable bonds is 4. The van der Waals surface area contributed by atoms with Gasteiger partial charge in [-0.15, -0.1) is 0 Å². The second-order valence-corrected chi connectivity index (χ2v) is 7.72. The Morgan fingerprint density at radius 2 is 1.77 bits per heavy atom. The predicted octanol–water partition coefficient (Wildman–Crippen LogP) is 1.02. The van der Waals surface area contributed by atoms with E-state index in [4.69, 9.17) is 4.98 Å². The number of anilines is 1. The van der Waals surface area contributed by atoms with Gasteiger partial charge in [0.05, 0.1) is 5.69 Å². The predicted molar refractivity (Wildman–Crippen MR) is 100 cm³/mol. The molecule has 2 fully saturated rings. The zero-order valence-corrected chi connectivity index (χ0v) is 15.3. The lowest BCUT2D eigenvalue weighted by Crippen LogP contribution is -2.62. The Labute approximate surface area is 154 Å². The van der Waals surface area contributed by atoms with Crippen LogP contribution in [-0.2, 0) is 19.5 Å². The fraction of sp³-hybridized carbons (Fsp3) is 0.632. The molecular formula is C19H27N7. The standard InChI is InChI=1S/C19H27N7/c1-2-7-26-13-16(22-18(26)4-1)12-23-14-17(15-23)24-8-10-25(11-9-24)19-20-5-3-6-21-19/h3,5-6,13,17H,1-2,4,7-12,14-15H2. The molecule has 0 spiro atoms. The Balaban J connectivity index is 1.09. The Bertz CT molecular complexity index is 706. The number of piperazine rings is 1. The van der Waals surface area contributed by atoms with Crippen molar-refractivity contribution < 1.29 is 0 Å². The number of aryl methyl sites for hydroxylation is 2. The van der Waals surface area contributed by atoms with Crippen LogP contribution in [0.15, 0.2) is 24.7 Å². The Morgan fingerprint density at radius 1 is 0.962 bits per heavy atom. The molecule has 0 atom stereocenters. The van der Waals surface area contributed by atoms with E-state index < -0.39 is 0 Å². The van der Waals surface area contributed by atoms with Gasteiger partial charge in [-0.2, -0.15) is 0 Å². The van der Waals surface area contributed by atoms with Crippen LogP contribution < -0.4 is 4.90 Å². The van der Waals surface area contributed by atoms with Crippen molar-refractivity contribution in [2.45, 2.75) is 38.4 Å². The summed E-state index contributed by atoms with van der Waals surface area (Å²) in [6, 6.07) is 2.57.